The number of fused-ring (bicyclic) bond motifs is 1. The highest BCUT2D eigenvalue weighted by Crippen LogP contribution is 2.39. The third-order valence-corrected chi connectivity index (χ3v) is 2.57. The predicted octanol–water partition coefficient (Wildman–Crippen LogP) is 3.02. The molecule has 0 radical (unpaired) electrons. The summed E-state index contributed by atoms with van der Waals surface area (Å²) in [5, 5.41) is 8.68. The molecule has 18 heavy (non-hydrogen) atoms. The van der Waals surface area contributed by atoms with Gasteiger partial charge in [-0.25, -0.2) is 4.98 Å². The molecule has 3 nitrogen and oxygen atoms in total. The van der Waals surface area contributed by atoms with Gasteiger partial charge in [-0.05, 0) is 19.1 Å². The van der Waals surface area contributed by atoms with Gasteiger partial charge >= 0.3 is 6.18 Å². The smallest absolute Gasteiger partial charge is 0.396 e. The van der Waals surface area contributed by atoms with E-state index in [0.717, 1.165) is 0 Å². The predicted molar refractivity (Wildman–Crippen MR) is 60.6 cm³/mol. The Balaban J connectivity index is 2.99. The molecule has 2 rings (SSSR count). The number of nitrogen functional groups attached to an aromatic ring is 1. The average Bonchev–Trinajstić information content (AvgIpc) is 2.26. The summed E-state index contributed by atoms with van der Waals surface area (Å²) in [6.07, 6.45) is -4.62. The number of pyridine rings is 1. The third kappa shape index (κ3) is 1.84. The van der Waals surface area contributed by atoms with Crippen LogP contribution in [0.2, 0.25) is 0 Å². The average molecular weight is 251 g/mol. The Hall–Kier alpha value is -2.29. The van der Waals surface area contributed by atoms with Gasteiger partial charge in [-0.1, -0.05) is 11.6 Å². The first-order chi connectivity index (χ1) is 8.34. The lowest BCUT2D eigenvalue weighted by Crippen LogP contribution is -2.12. The topological polar surface area (TPSA) is 62.7 Å². The lowest BCUT2D eigenvalue weighted by molar-refractivity contribution is -0.135. The first kappa shape index (κ1) is 12.2. The van der Waals surface area contributed by atoms with Gasteiger partial charge in [0.1, 0.15) is 6.07 Å². The zero-order valence-corrected chi connectivity index (χ0v) is 9.34. The van der Waals surface area contributed by atoms with Gasteiger partial charge in [-0.3, -0.25) is 0 Å². The van der Waals surface area contributed by atoms with Crippen molar-refractivity contribution in [3.63, 3.8) is 0 Å². The number of nitrogens with zero attached hydrogens (tertiary/aromatic N) is 2. The SMILES string of the molecule is Cc1ccc2nc(C#N)c(N)c(C(F)(F)F)c2c1. The second kappa shape index (κ2) is 3.88. The second-order valence-electron chi connectivity index (χ2n) is 3.88. The Morgan fingerprint density at radius 2 is 2.00 bits per heavy atom. The summed E-state index contributed by atoms with van der Waals surface area (Å²) in [5.41, 5.74) is 4.15. The molecule has 2 N–H and O–H groups in total. The molecule has 0 unspecified atom stereocenters. The highest BCUT2D eigenvalue weighted by Gasteiger charge is 2.36. The van der Waals surface area contributed by atoms with Crippen LogP contribution in [0.15, 0.2) is 18.2 Å². The number of rotatable bonds is 0. The molecule has 0 spiro atoms. The number of aryl methyl sites for hydroxylation is 1. The van der Waals surface area contributed by atoms with E-state index < -0.39 is 23.1 Å². The standard InChI is InChI=1S/C12H8F3N3/c1-6-2-3-8-7(4-6)10(12(13,14)15)11(17)9(5-16)18-8/h2-4H,17H2,1H3. The summed E-state index contributed by atoms with van der Waals surface area (Å²) >= 11 is 0. The summed E-state index contributed by atoms with van der Waals surface area (Å²) in [6.45, 7) is 1.67. The van der Waals surface area contributed by atoms with Crippen molar-refractivity contribution in [2.45, 2.75) is 13.1 Å². The van der Waals surface area contributed by atoms with Gasteiger partial charge in [0.2, 0.25) is 0 Å². The van der Waals surface area contributed by atoms with E-state index in [9.17, 15) is 13.2 Å². The monoisotopic (exact) mass is 251 g/mol. The van der Waals surface area contributed by atoms with Crippen molar-refractivity contribution >= 4 is 16.6 Å². The van der Waals surface area contributed by atoms with E-state index >= 15 is 0 Å². The Bertz CT molecular complexity index is 669. The van der Waals surface area contributed by atoms with Crippen LogP contribution in [-0.4, -0.2) is 4.98 Å². The van der Waals surface area contributed by atoms with Crippen LogP contribution < -0.4 is 5.73 Å². The molecule has 0 atom stereocenters. The summed E-state index contributed by atoms with van der Waals surface area (Å²) in [4.78, 5) is 3.82. The number of aromatic nitrogens is 1. The Morgan fingerprint density at radius 3 is 2.56 bits per heavy atom. The normalized spacial score (nSPS) is 11.5. The van der Waals surface area contributed by atoms with E-state index in [1.165, 1.54) is 12.1 Å². The van der Waals surface area contributed by atoms with E-state index in [0.29, 0.717) is 5.56 Å². The van der Waals surface area contributed by atoms with Gasteiger partial charge in [-0.15, -0.1) is 0 Å². The molecule has 6 heteroatoms. The first-order valence-corrected chi connectivity index (χ1v) is 5.01. The van der Waals surface area contributed by atoms with E-state index in [-0.39, 0.29) is 10.9 Å². The maximum absolute atomic E-state index is 13.0. The van der Waals surface area contributed by atoms with Crippen molar-refractivity contribution in [2.24, 2.45) is 0 Å². The van der Waals surface area contributed by atoms with E-state index in [2.05, 4.69) is 4.98 Å². The molecule has 0 aliphatic rings. The maximum atomic E-state index is 13.0. The summed E-state index contributed by atoms with van der Waals surface area (Å²) in [5.74, 6) is 0. The molecular formula is C12H8F3N3. The fourth-order valence-electron chi connectivity index (χ4n) is 1.78. The molecule has 92 valence electrons. The van der Waals surface area contributed by atoms with Crippen LogP contribution in [0.25, 0.3) is 10.9 Å². The zero-order valence-electron chi connectivity index (χ0n) is 9.34. The quantitative estimate of drug-likeness (QED) is 0.782. The molecule has 2 aromatic rings. The number of hydrogen-bond donors (Lipinski definition) is 1. The van der Waals surface area contributed by atoms with Gasteiger partial charge in [0.05, 0.1) is 16.8 Å². The van der Waals surface area contributed by atoms with E-state index in [1.54, 1.807) is 19.1 Å². The fraction of sp³-hybridized carbons (Fsp3) is 0.167. The molecule has 0 aliphatic carbocycles. The number of nitriles is 1. The van der Waals surface area contributed by atoms with Crippen LogP contribution in [0.3, 0.4) is 0 Å². The molecule has 0 amide bonds. The summed E-state index contributed by atoms with van der Waals surface area (Å²) in [6, 6.07) is 6.02. The fourth-order valence-corrected chi connectivity index (χ4v) is 1.78. The molecule has 0 saturated carbocycles. The summed E-state index contributed by atoms with van der Waals surface area (Å²) in [7, 11) is 0. The van der Waals surface area contributed by atoms with Crippen LogP contribution in [0, 0.1) is 18.3 Å². The number of alkyl halides is 3. The molecule has 0 saturated heterocycles. The minimum Gasteiger partial charge on any atom is -0.396 e. The maximum Gasteiger partial charge on any atom is 0.419 e. The Morgan fingerprint density at radius 1 is 1.33 bits per heavy atom. The number of anilines is 1. The number of nitrogens with two attached hydrogens (primary N) is 1. The lowest BCUT2D eigenvalue weighted by Gasteiger charge is -2.14. The van der Waals surface area contributed by atoms with Gasteiger partial charge < -0.3 is 5.73 Å². The minimum atomic E-state index is -4.62. The number of benzene rings is 1. The van der Waals surface area contributed by atoms with Crippen molar-refractivity contribution in [3.8, 4) is 6.07 Å². The highest BCUT2D eigenvalue weighted by atomic mass is 19.4. The van der Waals surface area contributed by atoms with Gasteiger partial charge in [0, 0.05) is 5.39 Å². The third-order valence-electron chi connectivity index (χ3n) is 2.57. The van der Waals surface area contributed by atoms with Gasteiger partial charge in [0.15, 0.2) is 5.69 Å². The molecular weight excluding hydrogens is 243 g/mol. The second-order valence-corrected chi connectivity index (χ2v) is 3.88. The van der Waals surface area contributed by atoms with E-state index in [4.69, 9.17) is 11.0 Å². The molecule has 1 aromatic carbocycles. The molecule has 0 aliphatic heterocycles. The number of hydrogen-bond acceptors (Lipinski definition) is 3. The lowest BCUT2D eigenvalue weighted by atomic mass is 10.0. The van der Waals surface area contributed by atoms with Crippen LogP contribution in [0.5, 0.6) is 0 Å². The van der Waals surface area contributed by atoms with Crippen LogP contribution in [0.1, 0.15) is 16.8 Å². The van der Waals surface area contributed by atoms with Crippen molar-refractivity contribution in [1.82, 2.24) is 4.98 Å². The van der Waals surface area contributed by atoms with Crippen molar-refractivity contribution in [1.29, 1.82) is 5.26 Å². The van der Waals surface area contributed by atoms with Gasteiger partial charge in [-0.2, -0.15) is 18.4 Å². The van der Waals surface area contributed by atoms with Crippen molar-refractivity contribution in [3.05, 3.63) is 35.0 Å². The van der Waals surface area contributed by atoms with Crippen molar-refractivity contribution in [2.75, 3.05) is 5.73 Å². The number of halogens is 3. The van der Waals surface area contributed by atoms with Crippen LogP contribution >= 0.6 is 0 Å². The van der Waals surface area contributed by atoms with E-state index in [1.807, 2.05) is 0 Å². The molecule has 0 bridgehead atoms. The van der Waals surface area contributed by atoms with Crippen molar-refractivity contribution < 1.29 is 13.2 Å². The summed E-state index contributed by atoms with van der Waals surface area (Å²) < 4.78 is 39.0. The van der Waals surface area contributed by atoms with Crippen LogP contribution in [0.4, 0.5) is 18.9 Å². The highest BCUT2D eigenvalue weighted by molar-refractivity contribution is 5.89. The Labute approximate surface area is 101 Å². The zero-order chi connectivity index (χ0) is 13.5. The molecule has 0 fully saturated rings. The molecule has 1 aromatic heterocycles. The Kier molecular flexibility index (Phi) is 2.62. The van der Waals surface area contributed by atoms with Gasteiger partial charge in [0.25, 0.3) is 0 Å². The first-order valence-electron chi connectivity index (χ1n) is 5.01. The van der Waals surface area contributed by atoms with Crippen LogP contribution in [-0.2, 0) is 6.18 Å². The molecule has 1 heterocycles. The largest absolute Gasteiger partial charge is 0.419 e. The minimum absolute atomic E-state index is 0.0843.